The summed E-state index contributed by atoms with van der Waals surface area (Å²) < 4.78 is 0. The van der Waals surface area contributed by atoms with Gasteiger partial charge in [0.15, 0.2) is 0 Å². The van der Waals surface area contributed by atoms with Crippen LogP contribution in [0.4, 0.5) is 0 Å². The van der Waals surface area contributed by atoms with E-state index in [0.717, 1.165) is 0 Å². The second-order valence-electron chi connectivity index (χ2n) is 3.61. The molecular weight excluding hydrogens is 224 g/mol. The van der Waals surface area contributed by atoms with Crippen molar-refractivity contribution in [1.82, 2.24) is 0 Å². The van der Waals surface area contributed by atoms with Gasteiger partial charge in [-0.25, -0.2) is 0 Å². The van der Waals surface area contributed by atoms with Crippen molar-refractivity contribution >= 4 is 15.9 Å². The highest BCUT2D eigenvalue weighted by Crippen LogP contribution is 2.28. The molecule has 0 aliphatic carbocycles. The van der Waals surface area contributed by atoms with Gasteiger partial charge in [0.05, 0.1) is 0 Å². The zero-order valence-corrected chi connectivity index (χ0v) is 10.1. The minimum atomic E-state index is 0.555. The second kappa shape index (κ2) is 4.80. The van der Waals surface area contributed by atoms with Gasteiger partial charge in [0.25, 0.3) is 0 Å². The molecule has 2 atom stereocenters. The molecule has 0 amide bonds. The number of aryl methyl sites for hydroxylation is 1. The van der Waals surface area contributed by atoms with E-state index in [4.69, 9.17) is 0 Å². The number of alkyl halides is 1. The Morgan fingerprint density at radius 3 is 2.54 bits per heavy atom. The van der Waals surface area contributed by atoms with Gasteiger partial charge in [-0.2, -0.15) is 0 Å². The molecule has 2 unspecified atom stereocenters. The molecule has 0 aromatic heterocycles. The van der Waals surface area contributed by atoms with Crippen molar-refractivity contribution in [3.63, 3.8) is 0 Å². The van der Waals surface area contributed by atoms with E-state index in [1.807, 2.05) is 0 Å². The molecule has 0 spiro atoms. The maximum Gasteiger partial charge on any atom is 0.0186 e. The van der Waals surface area contributed by atoms with Crippen molar-refractivity contribution < 1.29 is 0 Å². The first-order valence-corrected chi connectivity index (χ1v) is 5.77. The van der Waals surface area contributed by atoms with E-state index >= 15 is 0 Å². The minimum absolute atomic E-state index is 0.555. The van der Waals surface area contributed by atoms with E-state index in [-0.39, 0.29) is 0 Å². The van der Waals surface area contributed by atoms with Crippen LogP contribution < -0.4 is 0 Å². The Labute approximate surface area is 89.5 Å². The van der Waals surface area contributed by atoms with Gasteiger partial charge in [-0.05, 0) is 24.8 Å². The molecule has 0 N–H and O–H groups in total. The lowest BCUT2D eigenvalue weighted by molar-refractivity contribution is 0.663. The van der Waals surface area contributed by atoms with Crippen LogP contribution in [0.25, 0.3) is 0 Å². The third-order valence-electron chi connectivity index (χ3n) is 2.46. The fourth-order valence-electron chi connectivity index (χ4n) is 1.73. The molecule has 1 aromatic carbocycles. The molecule has 0 fully saturated rings. The Kier molecular flexibility index (Phi) is 3.98. The van der Waals surface area contributed by atoms with Crippen LogP contribution in [0, 0.1) is 6.92 Å². The summed E-state index contributed by atoms with van der Waals surface area (Å²) in [4.78, 5) is 0.555. The molecule has 1 rings (SSSR count). The molecule has 0 aliphatic heterocycles. The second-order valence-corrected chi connectivity index (χ2v) is 5.05. The summed E-state index contributed by atoms with van der Waals surface area (Å²) in [5, 5.41) is 0. The Balaban J connectivity index is 2.91. The average molecular weight is 241 g/mol. The van der Waals surface area contributed by atoms with Gasteiger partial charge >= 0.3 is 0 Å². The quantitative estimate of drug-likeness (QED) is 0.693. The Morgan fingerprint density at radius 2 is 2.08 bits per heavy atom. The van der Waals surface area contributed by atoms with E-state index < -0.39 is 0 Å². The molecule has 72 valence electrons. The molecule has 1 heteroatoms. The highest BCUT2D eigenvalue weighted by atomic mass is 79.9. The van der Waals surface area contributed by atoms with Crippen LogP contribution in [0.15, 0.2) is 24.3 Å². The maximum absolute atomic E-state index is 3.66. The predicted molar refractivity (Wildman–Crippen MR) is 62.6 cm³/mol. The first kappa shape index (κ1) is 10.8. The third-order valence-corrected chi connectivity index (χ3v) is 3.10. The fraction of sp³-hybridized carbons (Fsp3) is 0.500. The Morgan fingerprint density at radius 1 is 1.38 bits per heavy atom. The van der Waals surface area contributed by atoms with Crippen LogP contribution in [-0.4, -0.2) is 4.83 Å². The van der Waals surface area contributed by atoms with Crippen LogP contribution in [0.2, 0.25) is 0 Å². The highest BCUT2D eigenvalue weighted by molar-refractivity contribution is 9.09. The van der Waals surface area contributed by atoms with E-state index in [9.17, 15) is 0 Å². The number of rotatable bonds is 3. The van der Waals surface area contributed by atoms with E-state index in [1.165, 1.54) is 17.5 Å². The van der Waals surface area contributed by atoms with Crippen molar-refractivity contribution in [1.29, 1.82) is 0 Å². The molecule has 1 aromatic rings. The number of benzene rings is 1. The molecule has 0 nitrogen and oxygen atoms in total. The number of hydrogen-bond acceptors (Lipinski definition) is 0. The smallest absolute Gasteiger partial charge is 0.0186 e. The molecule has 0 heterocycles. The van der Waals surface area contributed by atoms with Gasteiger partial charge in [-0.3, -0.25) is 0 Å². The normalized spacial score (nSPS) is 15.4. The summed E-state index contributed by atoms with van der Waals surface area (Å²) in [6.45, 7) is 6.61. The maximum atomic E-state index is 3.66. The van der Waals surface area contributed by atoms with Gasteiger partial charge in [0.1, 0.15) is 0 Å². The largest absolute Gasteiger partial charge is 0.0887 e. The summed E-state index contributed by atoms with van der Waals surface area (Å²) in [7, 11) is 0. The molecule has 13 heavy (non-hydrogen) atoms. The van der Waals surface area contributed by atoms with Gasteiger partial charge < -0.3 is 0 Å². The fourth-order valence-corrected chi connectivity index (χ4v) is 2.41. The molecule has 0 bridgehead atoms. The first-order valence-electron chi connectivity index (χ1n) is 4.85. The summed E-state index contributed by atoms with van der Waals surface area (Å²) >= 11 is 3.66. The molecule has 0 saturated heterocycles. The van der Waals surface area contributed by atoms with Crippen molar-refractivity contribution in [2.75, 3.05) is 0 Å². The lowest BCUT2D eigenvalue weighted by atomic mass is 9.93. The molecular formula is C12H17Br. The van der Waals surface area contributed by atoms with Crippen LogP contribution in [0.5, 0.6) is 0 Å². The Hall–Kier alpha value is -0.300. The van der Waals surface area contributed by atoms with Gasteiger partial charge in [0.2, 0.25) is 0 Å². The lowest BCUT2D eigenvalue weighted by Crippen LogP contribution is -2.07. The van der Waals surface area contributed by atoms with Crippen LogP contribution >= 0.6 is 15.9 Å². The molecule has 0 radical (unpaired) electrons. The number of hydrogen-bond donors (Lipinski definition) is 0. The monoisotopic (exact) mass is 240 g/mol. The van der Waals surface area contributed by atoms with Gasteiger partial charge in [-0.1, -0.05) is 59.6 Å². The zero-order valence-electron chi connectivity index (χ0n) is 8.55. The predicted octanol–water partition coefficient (Wildman–Crippen LogP) is 4.27. The van der Waals surface area contributed by atoms with Crippen LogP contribution in [0.1, 0.15) is 37.3 Å². The summed E-state index contributed by atoms with van der Waals surface area (Å²) in [5.74, 6) is 0.639. The lowest BCUT2D eigenvalue weighted by Gasteiger charge is -2.18. The van der Waals surface area contributed by atoms with E-state index in [1.54, 1.807) is 0 Å². The van der Waals surface area contributed by atoms with Crippen molar-refractivity contribution in [2.45, 2.75) is 37.9 Å². The van der Waals surface area contributed by atoms with Crippen LogP contribution in [-0.2, 0) is 0 Å². The van der Waals surface area contributed by atoms with Crippen molar-refractivity contribution in [3.05, 3.63) is 35.4 Å². The van der Waals surface area contributed by atoms with Crippen LogP contribution in [0.3, 0.4) is 0 Å². The first-order chi connectivity index (χ1) is 6.15. The van der Waals surface area contributed by atoms with Crippen molar-refractivity contribution in [2.24, 2.45) is 0 Å². The molecule has 0 aliphatic rings. The number of halogens is 1. The van der Waals surface area contributed by atoms with Crippen molar-refractivity contribution in [3.8, 4) is 0 Å². The topological polar surface area (TPSA) is 0 Å². The van der Waals surface area contributed by atoms with E-state index in [2.05, 4.69) is 61.0 Å². The third kappa shape index (κ3) is 2.84. The molecule has 0 saturated carbocycles. The van der Waals surface area contributed by atoms with Gasteiger partial charge in [0, 0.05) is 4.83 Å². The Bertz CT molecular complexity index is 266. The zero-order chi connectivity index (χ0) is 9.84. The summed E-state index contributed by atoms with van der Waals surface area (Å²) in [5.41, 5.74) is 2.80. The SMILES string of the molecule is CCC(c1cccc(C)c1)C(C)Br. The van der Waals surface area contributed by atoms with E-state index in [0.29, 0.717) is 10.7 Å². The standard InChI is InChI=1S/C12H17Br/c1-4-12(10(3)13)11-7-5-6-9(2)8-11/h5-8,10,12H,4H2,1-3H3. The average Bonchev–Trinajstić information content (AvgIpc) is 2.04. The highest BCUT2D eigenvalue weighted by Gasteiger charge is 2.14. The van der Waals surface area contributed by atoms with Gasteiger partial charge in [-0.15, -0.1) is 0 Å². The summed E-state index contributed by atoms with van der Waals surface area (Å²) in [6, 6.07) is 8.79. The minimum Gasteiger partial charge on any atom is -0.0887 e. The summed E-state index contributed by atoms with van der Waals surface area (Å²) in [6.07, 6.45) is 1.19.